The Hall–Kier alpha value is -3.08. The zero-order valence-electron chi connectivity index (χ0n) is 22.2. The number of benzene rings is 3. The molecule has 1 aliphatic carbocycles. The average molecular weight is 525 g/mol. The summed E-state index contributed by atoms with van der Waals surface area (Å²) < 4.78 is 65.0. The fraction of sp³-hybridized carbons (Fsp3) is 0.394. The molecule has 3 aromatic carbocycles. The van der Waals surface area contributed by atoms with Crippen LogP contribution in [0.1, 0.15) is 76.7 Å². The SMILES string of the molecule is CC=CCCC1CCC(c2ccc(-c3ccc(-c4ccc(OCCCC)c(F)c4F)cc3)c(F)c2F)CC1. The van der Waals surface area contributed by atoms with Gasteiger partial charge in [-0.15, -0.1) is 0 Å². The Morgan fingerprint density at radius 3 is 1.97 bits per heavy atom. The van der Waals surface area contributed by atoms with Gasteiger partial charge in [0.15, 0.2) is 23.2 Å². The molecule has 0 unspecified atom stereocenters. The molecule has 0 spiro atoms. The molecule has 0 N–H and O–H groups in total. The third kappa shape index (κ3) is 6.31. The first-order valence-corrected chi connectivity index (χ1v) is 13.7. The molecular weight excluding hydrogens is 488 g/mol. The third-order valence-electron chi connectivity index (χ3n) is 7.69. The van der Waals surface area contributed by atoms with Crippen molar-refractivity contribution < 1.29 is 22.3 Å². The van der Waals surface area contributed by atoms with Gasteiger partial charge in [0.25, 0.3) is 0 Å². The molecule has 3 aromatic rings. The van der Waals surface area contributed by atoms with Gasteiger partial charge in [-0.2, -0.15) is 4.39 Å². The molecule has 0 radical (unpaired) electrons. The van der Waals surface area contributed by atoms with Crippen molar-refractivity contribution in [1.29, 1.82) is 0 Å². The zero-order valence-corrected chi connectivity index (χ0v) is 22.2. The quantitative estimate of drug-likeness (QED) is 0.146. The first kappa shape index (κ1) is 27.9. The minimum absolute atomic E-state index is 0.0330. The predicted octanol–water partition coefficient (Wildman–Crippen LogP) is 10.4. The smallest absolute Gasteiger partial charge is 0.201 e. The van der Waals surface area contributed by atoms with E-state index in [0.717, 1.165) is 51.4 Å². The molecule has 1 fully saturated rings. The maximum Gasteiger partial charge on any atom is 0.201 e. The molecule has 0 atom stereocenters. The van der Waals surface area contributed by atoms with Crippen LogP contribution in [0.25, 0.3) is 22.3 Å². The normalized spacial score (nSPS) is 17.7. The summed E-state index contributed by atoms with van der Waals surface area (Å²) in [6.07, 6.45) is 11.9. The Balaban J connectivity index is 1.48. The van der Waals surface area contributed by atoms with Crippen molar-refractivity contribution in [2.24, 2.45) is 5.92 Å². The average Bonchev–Trinajstić information content (AvgIpc) is 2.94. The Labute approximate surface area is 223 Å². The second-order valence-corrected chi connectivity index (χ2v) is 10.2. The maximum atomic E-state index is 15.2. The van der Waals surface area contributed by atoms with E-state index in [0.29, 0.717) is 29.2 Å². The fourth-order valence-corrected chi connectivity index (χ4v) is 5.39. The van der Waals surface area contributed by atoms with E-state index < -0.39 is 23.3 Å². The summed E-state index contributed by atoms with van der Waals surface area (Å²) in [5.41, 5.74) is 1.61. The van der Waals surface area contributed by atoms with Crippen molar-refractivity contribution >= 4 is 0 Å². The Morgan fingerprint density at radius 2 is 1.37 bits per heavy atom. The Bertz CT molecular complexity index is 1240. The zero-order chi connectivity index (χ0) is 27.1. The summed E-state index contributed by atoms with van der Waals surface area (Å²) in [5, 5.41) is 0. The van der Waals surface area contributed by atoms with Crippen molar-refractivity contribution in [3.05, 3.63) is 89.5 Å². The van der Waals surface area contributed by atoms with Crippen LogP contribution in [-0.4, -0.2) is 6.61 Å². The summed E-state index contributed by atoms with van der Waals surface area (Å²) in [4.78, 5) is 0. The highest BCUT2D eigenvalue weighted by molar-refractivity contribution is 5.72. The second kappa shape index (κ2) is 13.1. The largest absolute Gasteiger partial charge is 0.490 e. The summed E-state index contributed by atoms with van der Waals surface area (Å²) in [7, 11) is 0. The van der Waals surface area contributed by atoms with Crippen LogP contribution in [0.15, 0.2) is 60.7 Å². The van der Waals surface area contributed by atoms with Gasteiger partial charge in [0.2, 0.25) is 5.82 Å². The lowest BCUT2D eigenvalue weighted by molar-refractivity contribution is 0.289. The molecule has 0 heterocycles. The van der Waals surface area contributed by atoms with Gasteiger partial charge < -0.3 is 4.74 Å². The minimum Gasteiger partial charge on any atom is -0.490 e. The molecule has 38 heavy (non-hydrogen) atoms. The monoisotopic (exact) mass is 524 g/mol. The van der Waals surface area contributed by atoms with Crippen molar-refractivity contribution in [2.75, 3.05) is 6.61 Å². The molecule has 1 nitrogen and oxygen atoms in total. The summed E-state index contributed by atoms with van der Waals surface area (Å²) in [6.45, 7) is 4.33. The van der Waals surface area contributed by atoms with Gasteiger partial charge in [-0.1, -0.05) is 61.9 Å². The third-order valence-corrected chi connectivity index (χ3v) is 7.69. The first-order valence-electron chi connectivity index (χ1n) is 13.7. The molecule has 0 amide bonds. The van der Waals surface area contributed by atoms with Crippen LogP contribution in [0.3, 0.4) is 0 Å². The number of rotatable bonds is 10. The van der Waals surface area contributed by atoms with Gasteiger partial charge >= 0.3 is 0 Å². The van der Waals surface area contributed by atoms with E-state index in [-0.39, 0.29) is 22.8 Å². The van der Waals surface area contributed by atoms with E-state index in [2.05, 4.69) is 12.2 Å². The molecule has 5 heteroatoms. The highest BCUT2D eigenvalue weighted by Crippen LogP contribution is 2.40. The molecule has 0 bridgehead atoms. The molecule has 4 rings (SSSR count). The van der Waals surface area contributed by atoms with Crippen LogP contribution in [0.5, 0.6) is 5.75 Å². The van der Waals surface area contributed by atoms with E-state index in [1.54, 1.807) is 36.4 Å². The van der Waals surface area contributed by atoms with Gasteiger partial charge in [-0.25, -0.2) is 13.2 Å². The lowest BCUT2D eigenvalue weighted by Gasteiger charge is -2.29. The van der Waals surface area contributed by atoms with E-state index in [1.807, 2.05) is 13.8 Å². The van der Waals surface area contributed by atoms with Crippen LogP contribution in [-0.2, 0) is 0 Å². The first-order chi connectivity index (χ1) is 18.4. The highest BCUT2D eigenvalue weighted by atomic mass is 19.2. The second-order valence-electron chi connectivity index (χ2n) is 10.2. The van der Waals surface area contributed by atoms with Crippen LogP contribution in [0, 0.1) is 29.2 Å². The van der Waals surface area contributed by atoms with E-state index in [9.17, 15) is 8.78 Å². The lowest BCUT2D eigenvalue weighted by Crippen LogP contribution is -2.15. The number of allylic oxidation sites excluding steroid dienone is 2. The molecule has 0 aliphatic heterocycles. The maximum absolute atomic E-state index is 15.2. The van der Waals surface area contributed by atoms with E-state index in [4.69, 9.17) is 4.74 Å². The molecule has 1 aliphatic rings. The summed E-state index contributed by atoms with van der Waals surface area (Å²) in [6, 6.07) is 12.6. The van der Waals surface area contributed by atoms with Gasteiger partial charge in [-0.05, 0) is 92.5 Å². The molecule has 0 aromatic heterocycles. The molecule has 0 saturated heterocycles. The number of ether oxygens (including phenoxy) is 1. The molecular formula is C33H36F4O. The summed E-state index contributed by atoms with van der Waals surface area (Å²) >= 11 is 0. The number of unbranched alkanes of at least 4 members (excludes halogenated alkanes) is 1. The number of hydrogen-bond donors (Lipinski definition) is 0. The number of halogens is 4. The summed E-state index contributed by atoms with van der Waals surface area (Å²) in [5.74, 6) is -3.10. The van der Waals surface area contributed by atoms with Crippen molar-refractivity contribution in [3.8, 4) is 28.0 Å². The van der Waals surface area contributed by atoms with Crippen LogP contribution < -0.4 is 4.74 Å². The van der Waals surface area contributed by atoms with Gasteiger partial charge in [0.1, 0.15) is 0 Å². The van der Waals surface area contributed by atoms with E-state index >= 15 is 8.78 Å². The van der Waals surface area contributed by atoms with Crippen LogP contribution in [0.4, 0.5) is 17.6 Å². The van der Waals surface area contributed by atoms with Crippen LogP contribution in [0.2, 0.25) is 0 Å². The van der Waals surface area contributed by atoms with Crippen molar-refractivity contribution in [1.82, 2.24) is 0 Å². The predicted molar refractivity (Wildman–Crippen MR) is 146 cm³/mol. The number of hydrogen-bond acceptors (Lipinski definition) is 1. The minimum atomic E-state index is -1.03. The van der Waals surface area contributed by atoms with Crippen molar-refractivity contribution in [3.63, 3.8) is 0 Å². The fourth-order valence-electron chi connectivity index (χ4n) is 5.39. The Kier molecular flexibility index (Phi) is 9.65. The molecule has 1 saturated carbocycles. The van der Waals surface area contributed by atoms with E-state index in [1.165, 1.54) is 12.1 Å². The lowest BCUT2D eigenvalue weighted by atomic mass is 9.77. The highest BCUT2D eigenvalue weighted by Gasteiger charge is 2.26. The Morgan fingerprint density at radius 1 is 0.763 bits per heavy atom. The standard InChI is InChI=1S/C33H36F4O/c1-3-5-7-8-22-9-11-23(12-10-22)26-17-18-27(31(35)30(26)34)24-13-15-25(16-14-24)28-19-20-29(33(37)32(28)36)38-21-6-4-2/h3,5,13-20,22-23H,4,6-12,21H2,1-2H3. The van der Waals surface area contributed by atoms with Crippen LogP contribution >= 0.6 is 0 Å². The van der Waals surface area contributed by atoms with Crippen molar-refractivity contribution in [2.45, 2.75) is 71.1 Å². The van der Waals surface area contributed by atoms with Gasteiger partial charge in [0.05, 0.1) is 6.61 Å². The van der Waals surface area contributed by atoms with Gasteiger partial charge in [0, 0.05) is 11.1 Å². The molecule has 202 valence electrons. The van der Waals surface area contributed by atoms with Gasteiger partial charge in [-0.3, -0.25) is 0 Å². The topological polar surface area (TPSA) is 9.23 Å².